The van der Waals surface area contributed by atoms with Crippen molar-refractivity contribution in [3.05, 3.63) is 0 Å². The van der Waals surface area contributed by atoms with Gasteiger partial charge in [0.15, 0.2) is 5.96 Å². The Hall–Kier alpha value is -0.570. The highest BCUT2D eigenvalue weighted by Crippen LogP contribution is 2.51. The Morgan fingerprint density at radius 1 is 1.38 bits per heavy atom. The highest BCUT2D eigenvalue weighted by Gasteiger charge is 2.58. The molecule has 0 spiro atoms. The maximum absolute atomic E-state index is 11.8. The van der Waals surface area contributed by atoms with E-state index in [2.05, 4.69) is 34.8 Å². The fourth-order valence-corrected chi connectivity index (χ4v) is 3.80. The highest BCUT2D eigenvalue weighted by molar-refractivity contribution is 14.0. The molecule has 140 valence electrons. The summed E-state index contributed by atoms with van der Waals surface area (Å²) in [6, 6.07) is 0.470. The number of hydrogen-bond acceptors (Lipinski definition) is 3. The van der Waals surface area contributed by atoms with E-state index in [1.54, 1.807) is 0 Å². The first kappa shape index (κ1) is 21.5. The van der Waals surface area contributed by atoms with Crippen molar-refractivity contribution >= 4 is 35.8 Å². The average Bonchev–Trinajstić information content (AvgIpc) is 2.49. The van der Waals surface area contributed by atoms with Crippen molar-refractivity contribution in [2.24, 2.45) is 16.3 Å². The molecule has 2 aliphatic rings. The molecule has 0 aromatic carbocycles. The van der Waals surface area contributed by atoms with E-state index in [0.717, 1.165) is 19.6 Å². The van der Waals surface area contributed by atoms with E-state index in [1.807, 2.05) is 20.8 Å². The van der Waals surface area contributed by atoms with Crippen LogP contribution in [0.25, 0.3) is 0 Å². The van der Waals surface area contributed by atoms with Gasteiger partial charge < -0.3 is 20.7 Å². The van der Waals surface area contributed by atoms with Crippen LogP contribution in [0.15, 0.2) is 4.99 Å². The number of nitrogens with one attached hydrogen (secondary N) is 3. The number of amides is 1. The first-order chi connectivity index (χ1) is 10.9. The minimum atomic E-state index is -0.0519. The number of fused-ring (bicyclic) bond motifs is 1. The molecule has 0 aromatic rings. The number of carbonyl (C=O) groups is 1. The molecule has 6 nitrogen and oxygen atoms in total. The fourth-order valence-electron chi connectivity index (χ4n) is 3.80. The Kier molecular flexibility index (Phi) is 8.25. The summed E-state index contributed by atoms with van der Waals surface area (Å²) in [4.78, 5) is 16.2. The lowest BCUT2D eigenvalue weighted by Crippen LogP contribution is -2.71. The molecule has 0 bridgehead atoms. The number of rotatable bonds is 5. The van der Waals surface area contributed by atoms with Crippen LogP contribution >= 0.6 is 24.0 Å². The van der Waals surface area contributed by atoms with Crippen LogP contribution in [0.3, 0.4) is 0 Å². The van der Waals surface area contributed by atoms with E-state index < -0.39 is 0 Å². The number of aliphatic imine (C=N–C) groups is 1. The third kappa shape index (κ3) is 4.97. The number of carbonyl (C=O) groups excluding carboxylic acids is 1. The van der Waals surface area contributed by atoms with Gasteiger partial charge in [0.2, 0.25) is 5.91 Å². The lowest BCUT2D eigenvalue weighted by Gasteiger charge is -2.60. The molecule has 1 aliphatic heterocycles. The normalized spacial score (nSPS) is 28.2. The minimum absolute atomic E-state index is 0. The van der Waals surface area contributed by atoms with Gasteiger partial charge in [-0.3, -0.25) is 4.79 Å². The Morgan fingerprint density at radius 3 is 2.71 bits per heavy atom. The maximum Gasteiger partial charge on any atom is 0.242 e. The first-order valence-corrected chi connectivity index (χ1v) is 8.82. The molecule has 0 aromatic heterocycles. The number of hydrogen-bond donors (Lipinski definition) is 3. The van der Waals surface area contributed by atoms with E-state index >= 15 is 0 Å². The van der Waals surface area contributed by atoms with E-state index in [4.69, 9.17) is 4.74 Å². The summed E-state index contributed by atoms with van der Waals surface area (Å²) < 4.78 is 5.94. The summed E-state index contributed by atoms with van der Waals surface area (Å²) in [6.07, 6.45) is 2.65. The van der Waals surface area contributed by atoms with Crippen LogP contribution in [0.4, 0.5) is 0 Å². The van der Waals surface area contributed by atoms with Crippen molar-refractivity contribution in [2.45, 2.75) is 65.6 Å². The molecule has 1 heterocycles. The minimum Gasteiger partial charge on any atom is -0.377 e. The van der Waals surface area contributed by atoms with Crippen molar-refractivity contribution in [1.82, 2.24) is 16.0 Å². The molecule has 3 N–H and O–H groups in total. The van der Waals surface area contributed by atoms with Crippen LogP contribution in [0.1, 0.15) is 47.5 Å². The summed E-state index contributed by atoms with van der Waals surface area (Å²) in [5.74, 6) is 1.20. The number of ether oxygens (including phenoxy) is 1. The maximum atomic E-state index is 11.8. The summed E-state index contributed by atoms with van der Waals surface area (Å²) in [7, 11) is 0. The van der Waals surface area contributed by atoms with E-state index in [1.165, 1.54) is 6.42 Å². The molecule has 2 rings (SSSR count). The Morgan fingerprint density at radius 2 is 2.08 bits per heavy atom. The number of guanidine groups is 1. The van der Waals surface area contributed by atoms with Crippen LogP contribution in [0, 0.1) is 11.3 Å². The van der Waals surface area contributed by atoms with E-state index in [0.29, 0.717) is 24.0 Å². The molecule has 2 fully saturated rings. The zero-order valence-corrected chi connectivity index (χ0v) is 17.8. The molecule has 7 heteroatoms. The molecule has 3 atom stereocenters. The van der Waals surface area contributed by atoms with Gasteiger partial charge in [-0.25, -0.2) is 4.99 Å². The summed E-state index contributed by atoms with van der Waals surface area (Å²) in [6.45, 7) is 12.2. The van der Waals surface area contributed by atoms with Gasteiger partial charge in [-0.15, -0.1) is 24.0 Å². The van der Waals surface area contributed by atoms with Crippen molar-refractivity contribution in [3.8, 4) is 0 Å². The van der Waals surface area contributed by atoms with Crippen molar-refractivity contribution in [2.75, 3.05) is 19.7 Å². The predicted molar refractivity (Wildman–Crippen MR) is 108 cm³/mol. The Bertz CT molecular complexity index is 454. The van der Waals surface area contributed by atoms with Gasteiger partial charge in [0.25, 0.3) is 0 Å². The molecule has 1 saturated heterocycles. The van der Waals surface area contributed by atoms with Crippen LogP contribution in [-0.2, 0) is 9.53 Å². The molecule has 0 radical (unpaired) electrons. The van der Waals surface area contributed by atoms with Gasteiger partial charge in [0.1, 0.15) is 6.54 Å². The average molecular weight is 452 g/mol. The lowest BCUT2D eigenvalue weighted by atomic mass is 9.55. The van der Waals surface area contributed by atoms with Gasteiger partial charge in [-0.1, -0.05) is 13.8 Å². The molecule has 3 unspecified atom stereocenters. The summed E-state index contributed by atoms with van der Waals surface area (Å²) in [5, 5.41) is 9.63. The van der Waals surface area contributed by atoms with Crippen LogP contribution in [-0.4, -0.2) is 49.8 Å². The Labute approximate surface area is 163 Å². The zero-order chi connectivity index (χ0) is 17.0. The molecular weight excluding hydrogens is 419 g/mol. The quantitative estimate of drug-likeness (QED) is 0.339. The SMILES string of the molecule is CCNC(=NCC(=O)NC(C)C)NC1C2CCCOC2C1(C)C.I. The standard InChI is InChI=1S/C17H32N4O2.HI/c1-6-18-16(19-10-13(22)20-11(2)3)21-14-12-8-7-9-23-15(12)17(14,4)5;/h11-12,14-15H,6-10H2,1-5H3,(H,20,22)(H2,18,19,21);1H. The second kappa shape index (κ2) is 9.22. The van der Waals surface area contributed by atoms with Gasteiger partial charge >= 0.3 is 0 Å². The lowest BCUT2D eigenvalue weighted by molar-refractivity contribution is -0.188. The largest absolute Gasteiger partial charge is 0.377 e. The van der Waals surface area contributed by atoms with Crippen molar-refractivity contribution in [1.29, 1.82) is 0 Å². The van der Waals surface area contributed by atoms with Crippen molar-refractivity contribution in [3.63, 3.8) is 0 Å². The smallest absolute Gasteiger partial charge is 0.242 e. The predicted octanol–water partition coefficient (Wildman–Crippen LogP) is 1.89. The zero-order valence-electron chi connectivity index (χ0n) is 15.5. The summed E-state index contributed by atoms with van der Waals surface area (Å²) >= 11 is 0. The fraction of sp³-hybridized carbons (Fsp3) is 0.882. The van der Waals surface area contributed by atoms with Gasteiger partial charge in [-0.05, 0) is 33.6 Å². The third-order valence-electron chi connectivity index (χ3n) is 4.80. The molecular formula is C17H33IN4O2. The summed E-state index contributed by atoms with van der Waals surface area (Å²) in [5.41, 5.74) is 0.0848. The van der Waals surface area contributed by atoms with Crippen LogP contribution in [0.5, 0.6) is 0 Å². The number of halogens is 1. The van der Waals surface area contributed by atoms with Crippen molar-refractivity contribution < 1.29 is 9.53 Å². The van der Waals surface area contributed by atoms with Crippen LogP contribution < -0.4 is 16.0 Å². The second-order valence-electron chi connectivity index (χ2n) is 7.46. The Balaban J connectivity index is 0.00000288. The van der Waals surface area contributed by atoms with Crippen LogP contribution in [0.2, 0.25) is 0 Å². The number of nitrogens with zero attached hydrogens (tertiary/aromatic N) is 1. The third-order valence-corrected chi connectivity index (χ3v) is 4.80. The second-order valence-corrected chi connectivity index (χ2v) is 7.46. The van der Waals surface area contributed by atoms with Gasteiger partial charge in [0, 0.05) is 36.6 Å². The van der Waals surface area contributed by atoms with Gasteiger partial charge in [-0.2, -0.15) is 0 Å². The molecule has 24 heavy (non-hydrogen) atoms. The molecule has 1 saturated carbocycles. The first-order valence-electron chi connectivity index (χ1n) is 8.82. The topological polar surface area (TPSA) is 74.8 Å². The monoisotopic (exact) mass is 452 g/mol. The highest BCUT2D eigenvalue weighted by atomic mass is 127. The molecule has 1 amide bonds. The van der Waals surface area contributed by atoms with E-state index in [9.17, 15) is 4.79 Å². The van der Waals surface area contributed by atoms with E-state index in [-0.39, 0.29) is 47.9 Å². The van der Waals surface area contributed by atoms with Gasteiger partial charge in [0.05, 0.1) is 6.10 Å². The molecule has 1 aliphatic carbocycles.